The second-order valence-electron chi connectivity index (χ2n) is 8.65. The highest BCUT2D eigenvalue weighted by Gasteiger charge is 2.43. The summed E-state index contributed by atoms with van der Waals surface area (Å²) in [6.45, 7) is 0. The first-order valence-electron chi connectivity index (χ1n) is 11.0. The first kappa shape index (κ1) is 17.1. The van der Waals surface area contributed by atoms with E-state index in [2.05, 4.69) is 71.7 Å². The molecule has 2 heterocycles. The molecule has 0 radical (unpaired) electrons. The Bertz CT molecular complexity index is 1080. The Kier molecular flexibility index (Phi) is 4.07. The third-order valence-corrected chi connectivity index (χ3v) is 6.86. The quantitative estimate of drug-likeness (QED) is 0.520. The van der Waals surface area contributed by atoms with Crippen LogP contribution in [0.15, 0.2) is 71.8 Å². The van der Waals surface area contributed by atoms with Crippen molar-refractivity contribution in [3.05, 3.63) is 77.9 Å². The predicted molar refractivity (Wildman–Crippen MR) is 117 cm³/mol. The number of benzene rings is 3. The normalized spacial score (nSPS) is 24.0. The number of fused-ring (bicyclic) bond motifs is 4. The highest BCUT2D eigenvalue weighted by molar-refractivity contribution is 6.04. The summed E-state index contributed by atoms with van der Waals surface area (Å²) in [5.74, 6) is 1.62. The van der Waals surface area contributed by atoms with Crippen LogP contribution in [0.5, 0.6) is 5.75 Å². The molecule has 1 fully saturated rings. The van der Waals surface area contributed by atoms with Gasteiger partial charge >= 0.3 is 0 Å². The largest absolute Gasteiger partial charge is 0.468 e. The van der Waals surface area contributed by atoms with Crippen molar-refractivity contribution in [2.75, 3.05) is 0 Å². The van der Waals surface area contributed by atoms with Gasteiger partial charge in [-0.15, -0.1) is 0 Å². The number of rotatable bonds is 2. The van der Waals surface area contributed by atoms with Crippen molar-refractivity contribution < 1.29 is 4.74 Å². The van der Waals surface area contributed by atoms with Gasteiger partial charge in [0.15, 0.2) is 6.23 Å². The van der Waals surface area contributed by atoms with E-state index in [1.165, 1.54) is 59.7 Å². The smallest absolute Gasteiger partial charge is 0.190 e. The van der Waals surface area contributed by atoms with E-state index >= 15 is 0 Å². The second-order valence-corrected chi connectivity index (χ2v) is 8.65. The second kappa shape index (κ2) is 6.91. The lowest BCUT2D eigenvalue weighted by atomic mass is 9.86. The molecule has 0 unspecified atom stereocenters. The molecule has 2 aliphatic heterocycles. The summed E-state index contributed by atoms with van der Waals surface area (Å²) in [4.78, 5) is 0. The Balaban J connectivity index is 1.40. The summed E-state index contributed by atoms with van der Waals surface area (Å²) >= 11 is 0. The molecule has 29 heavy (non-hydrogen) atoms. The molecule has 3 nitrogen and oxygen atoms in total. The first-order valence-corrected chi connectivity index (χ1v) is 11.0. The van der Waals surface area contributed by atoms with Gasteiger partial charge in [0.2, 0.25) is 0 Å². The zero-order valence-corrected chi connectivity index (χ0v) is 16.6. The van der Waals surface area contributed by atoms with Gasteiger partial charge in [0.05, 0.1) is 11.8 Å². The number of hydrazone groups is 1. The summed E-state index contributed by atoms with van der Waals surface area (Å²) in [5.41, 5.74) is 3.69. The van der Waals surface area contributed by atoms with Crippen LogP contribution in [0.4, 0.5) is 0 Å². The molecule has 3 aromatic carbocycles. The Labute approximate surface area is 172 Å². The van der Waals surface area contributed by atoms with Crippen molar-refractivity contribution in [1.29, 1.82) is 0 Å². The zero-order chi connectivity index (χ0) is 19.2. The molecule has 6 rings (SSSR count). The highest BCUT2D eigenvalue weighted by atomic mass is 16.5. The maximum atomic E-state index is 6.56. The molecule has 3 aromatic rings. The van der Waals surface area contributed by atoms with Gasteiger partial charge in [0, 0.05) is 17.9 Å². The fourth-order valence-electron chi connectivity index (χ4n) is 5.34. The van der Waals surface area contributed by atoms with Gasteiger partial charge < -0.3 is 4.74 Å². The van der Waals surface area contributed by atoms with E-state index in [9.17, 15) is 0 Å². The fourth-order valence-corrected chi connectivity index (χ4v) is 5.34. The third-order valence-electron chi connectivity index (χ3n) is 6.86. The SMILES string of the molecule is c1ccc2c(c1)O[C@H](C1CCCCC1)N1N=C(c3ccc4ccccc4c3)C[C@H]21. The molecule has 3 heteroatoms. The maximum absolute atomic E-state index is 6.56. The molecule has 0 aromatic heterocycles. The van der Waals surface area contributed by atoms with Gasteiger partial charge in [-0.05, 0) is 41.3 Å². The summed E-state index contributed by atoms with van der Waals surface area (Å²) in [6.07, 6.45) is 7.48. The minimum absolute atomic E-state index is 0.0631. The fraction of sp³-hybridized carbons (Fsp3) is 0.346. The van der Waals surface area contributed by atoms with Crippen LogP contribution in [0, 0.1) is 5.92 Å². The minimum Gasteiger partial charge on any atom is -0.468 e. The van der Waals surface area contributed by atoms with Crippen LogP contribution in [-0.4, -0.2) is 16.9 Å². The predicted octanol–water partition coefficient (Wildman–Crippen LogP) is 6.29. The Hall–Kier alpha value is -2.81. The lowest BCUT2D eigenvalue weighted by Gasteiger charge is -2.42. The van der Waals surface area contributed by atoms with E-state index in [4.69, 9.17) is 9.84 Å². The number of nitrogens with zero attached hydrogens (tertiary/aromatic N) is 2. The number of hydrogen-bond donors (Lipinski definition) is 0. The van der Waals surface area contributed by atoms with E-state index in [-0.39, 0.29) is 12.3 Å². The summed E-state index contributed by atoms with van der Waals surface area (Å²) in [5, 5.41) is 10.0. The molecule has 3 aliphatic rings. The minimum atomic E-state index is 0.0631. The number of ether oxygens (including phenoxy) is 1. The van der Waals surface area contributed by atoms with Gasteiger partial charge in [-0.2, -0.15) is 5.10 Å². The van der Waals surface area contributed by atoms with Crippen molar-refractivity contribution in [2.45, 2.75) is 50.8 Å². The lowest BCUT2D eigenvalue weighted by molar-refractivity contribution is -0.0643. The van der Waals surface area contributed by atoms with E-state index in [0.29, 0.717) is 5.92 Å². The van der Waals surface area contributed by atoms with Crippen LogP contribution in [0.25, 0.3) is 10.8 Å². The molecule has 2 atom stereocenters. The molecule has 1 aliphatic carbocycles. The maximum Gasteiger partial charge on any atom is 0.190 e. The summed E-state index contributed by atoms with van der Waals surface area (Å²) in [7, 11) is 0. The molecular formula is C26H26N2O. The van der Waals surface area contributed by atoms with Crippen LogP contribution < -0.4 is 4.74 Å². The molecule has 0 N–H and O–H groups in total. The van der Waals surface area contributed by atoms with Crippen molar-refractivity contribution in [1.82, 2.24) is 5.01 Å². The molecule has 146 valence electrons. The van der Waals surface area contributed by atoms with Crippen molar-refractivity contribution in [3.63, 3.8) is 0 Å². The standard InChI is InChI=1S/C26H26N2O/c1-2-9-19(10-3-1)26-28-24(22-12-6-7-13-25(22)29-26)17-23(27-28)21-15-14-18-8-4-5-11-20(18)16-21/h4-8,11-16,19,24,26H,1-3,9-10,17H2/t24-,26-/m1/s1. The Morgan fingerprint density at radius 2 is 1.62 bits per heavy atom. The lowest BCUT2D eigenvalue weighted by Crippen LogP contribution is -2.45. The van der Waals surface area contributed by atoms with Crippen molar-refractivity contribution in [3.8, 4) is 5.75 Å². The monoisotopic (exact) mass is 382 g/mol. The molecule has 0 spiro atoms. The van der Waals surface area contributed by atoms with E-state index < -0.39 is 0 Å². The molecule has 0 bridgehead atoms. The molecular weight excluding hydrogens is 356 g/mol. The van der Waals surface area contributed by atoms with Gasteiger partial charge in [-0.25, -0.2) is 5.01 Å². The van der Waals surface area contributed by atoms with Crippen molar-refractivity contribution >= 4 is 16.5 Å². The van der Waals surface area contributed by atoms with Crippen LogP contribution in [0.3, 0.4) is 0 Å². The first-order chi connectivity index (χ1) is 14.4. The number of hydrogen-bond acceptors (Lipinski definition) is 3. The van der Waals surface area contributed by atoms with Gasteiger partial charge in [-0.3, -0.25) is 0 Å². The molecule has 0 amide bonds. The number of para-hydroxylation sites is 1. The van der Waals surface area contributed by atoms with Crippen molar-refractivity contribution in [2.24, 2.45) is 11.0 Å². The van der Waals surface area contributed by atoms with E-state index in [0.717, 1.165) is 12.2 Å². The van der Waals surface area contributed by atoms with Gasteiger partial charge in [0.1, 0.15) is 5.75 Å². The molecule has 1 saturated carbocycles. The van der Waals surface area contributed by atoms with Crippen LogP contribution in [-0.2, 0) is 0 Å². The zero-order valence-electron chi connectivity index (χ0n) is 16.6. The third kappa shape index (κ3) is 2.91. The average Bonchev–Trinajstić information content (AvgIpc) is 3.25. The molecule has 0 saturated heterocycles. The van der Waals surface area contributed by atoms with Crippen LogP contribution in [0.2, 0.25) is 0 Å². The topological polar surface area (TPSA) is 24.8 Å². The Morgan fingerprint density at radius 3 is 2.52 bits per heavy atom. The van der Waals surface area contributed by atoms with Gasteiger partial charge in [-0.1, -0.05) is 73.9 Å². The summed E-state index contributed by atoms with van der Waals surface area (Å²) < 4.78 is 6.56. The van der Waals surface area contributed by atoms with E-state index in [1.807, 2.05) is 0 Å². The van der Waals surface area contributed by atoms with E-state index in [1.54, 1.807) is 0 Å². The Morgan fingerprint density at radius 1 is 0.828 bits per heavy atom. The summed E-state index contributed by atoms with van der Waals surface area (Å²) in [6, 6.07) is 24.1. The van der Waals surface area contributed by atoms with Gasteiger partial charge in [0.25, 0.3) is 0 Å². The highest BCUT2D eigenvalue weighted by Crippen LogP contribution is 2.46. The van der Waals surface area contributed by atoms with Crippen LogP contribution >= 0.6 is 0 Å². The van der Waals surface area contributed by atoms with Crippen LogP contribution in [0.1, 0.15) is 55.7 Å². The average molecular weight is 383 g/mol.